The van der Waals surface area contributed by atoms with Crippen molar-refractivity contribution in [3.8, 4) is 0 Å². The number of nitrogens with zero attached hydrogens (tertiary/aromatic N) is 3. The van der Waals surface area contributed by atoms with Gasteiger partial charge in [-0.2, -0.15) is 0 Å². The van der Waals surface area contributed by atoms with E-state index in [0.717, 1.165) is 0 Å². The molecule has 0 bridgehead atoms. The molecule has 0 aliphatic rings. The number of nitro benzene ring substituents is 3. The first-order valence-corrected chi connectivity index (χ1v) is 4.45. The van der Waals surface area contributed by atoms with E-state index in [1.165, 1.54) is 0 Å². The summed E-state index contributed by atoms with van der Waals surface area (Å²) >= 11 is 5.03. The summed E-state index contributed by atoms with van der Waals surface area (Å²) in [6.45, 7) is 0. The van der Waals surface area contributed by atoms with Crippen LogP contribution in [-0.4, -0.2) is 20.0 Å². The van der Waals surface area contributed by atoms with E-state index < -0.39 is 42.6 Å². The Morgan fingerprint density at radius 3 is 1.78 bits per heavy atom. The third-order valence-electron chi connectivity index (χ3n) is 1.90. The van der Waals surface area contributed by atoms with E-state index in [4.69, 9.17) is 11.6 Å². The van der Waals surface area contributed by atoms with Crippen LogP contribution in [0.5, 0.6) is 0 Å². The van der Waals surface area contributed by atoms with Crippen LogP contribution in [-0.2, 0) is 0 Å². The van der Waals surface area contributed by atoms with Gasteiger partial charge in [0, 0.05) is 6.07 Å². The lowest BCUT2D eigenvalue weighted by Crippen LogP contribution is -2.06. The predicted molar refractivity (Wildman–Crippen MR) is 56.6 cm³/mol. The van der Waals surface area contributed by atoms with Gasteiger partial charge in [0.1, 0.15) is 5.56 Å². The van der Waals surface area contributed by atoms with Crippen LogP contribution < -0.4 is 0 Å². The van der Waals surface area contributed by atoms with Gasteiger partial charge in [0.25, 0.3) is 5.24 Å². The van der Waals surface area contributed by atoms with Gasteiger partial charge in [-0.25, -0.2) is 0 Å². The minimum absolute atomic E-state index is 0.612. The molecule has 0 saturated carbocycles. The number of nitro groups is 3. The number of halogens is 1. The average molecular weight is 276 g/mol. The lowest BCUT2D eigenvalue weighted by Gasteiger charge is -1.99. The van der Waals surface area contributed by atoms with Crippen molar-refractivity contribution in [1.82, 2.24) is 0 Å². The third-order valence-corrected chi connectivity index (χ3v) is 2.11. The highest BCUT2D eigenvalue weighted by atomic mass is 35.5. The molecule has 18 heavy (non-hydrogen) atoms. The molecule has 11 heteroatoms. The minimum Gasteiger partial charge on any atom is -0.275 e. The summed E-state index contributed by atoms with van der Waals surface area (Å²) in [5.74, 6) is 0. The van der Waals surface area contributed by atoms with Gasteiger partial charge in [-0.15, -0.1) is 0 Å². The molecule has 0 spiro atoms. The first-order chi connectivity index (χ1) is 8.27. The minimum atomic E-state index is -1.38. The maximum absolute atomic E-state index is 10.9. The summed E-state index contributed by atoms with van der Waals surface area (Å²) in [5, 5.41) is 30.6. The van der Waals surface area contributed by atoms with Crippen LogP contribution >= 0.6 is 11.6 Å². The molecule has 10 nitrogen and oxygen atoms in total. The highest BCUT2D eigenvalue weighted by Gasteiger charge is 2.40. The van der Waals surface area contributed by atoms with Crippen molar-refractivity contribution in [2.75, 3.05) is 0 Å². The molecular formula is C7H2ClN3O7. The Hall–Kier alpha value is -2.62. The molecule has 0 amide bonds. The van der Waals surface area contributed by atoms with Crippen molar-refractivity contribution in [3.63, 3.8) is 0 Å². The van der Waals surface area contributed by atoms with Crippen molar-refractivity contribution in [2.45, 2.75) is 0 Å². The fourth-order valence-electron chi connectivity index (χ4n) is 1.24. The lowest BCUT2D eigenvalue weighted by molar-refractivity contribution is -0.441. The summed E-state index contributed by atoms with van der Waals surface area (Å²) < 4.78 is 0. The van der Waals surface area contributed by atoms with Crippen molar-refractivity contribution < 1.29 is 19.6 Å². The van der Waals surface area contributed by atoms with Gasteiger partial charge in [-0.3, -0.25) is 35.1 Å². The predicted octanol–water partition coefficient (Wildman–Crippen LogP) is 1.79. The van der Waals surface area contributed by atoms with Crippen LogP contribution in [0, 0.1) is 30.3 Å². The van der Waals surface area contributed by atoms with Crippen LogP contribution in [0.3, 0.4) is 0 Å². The van der Waals surface area contributed by atoms with Crippen LogP contribution in [0.1, 0.15) is 10.4 Å². The lowest BCUT2D eigenvalue weighted by atomic mass is 10.1. The molecule has 0 N–H and O–H groups in total. The Balaban J connectivity index is 3.82. The molecule has 0 aliphatic heterocycles. The molecule has 1 aromatic carbocycles. The van der Waals surface area contributed by atoms with Crippen molar-refractivity contribution >= 4 is 33.9 Å². The molecule has 0 unspecified atom stereocenters. The van der Waals surface area contributed by atoms with Crippen LogP contribution in [0.4, 0.5) is 17.1 Å². The van der Waals surface area contributed by atoms with E-state index in [1.54, 1.807) is 0 Å². The quantitative estimate of drug-likeness (QED) is 0.462. The highest BCUT2D eigenvalue weighted by Crippen LogP contribution is 2.39. The number of carbonyl (C=O) groups is 1. The monoisotopic (exact) mass is 275 g/mol. The number of hydrogen-bond acceptors (Lipinski definition) is 7. The van der Waals surface area contributed by atoms with Gasteiger partial charge in [-0.1, -0.05) is 0 Å². The molecule has 0 aliphatic carbocycles. The number of hydrogen-bond donors (Lipinski definition) is 0. The van der Waals surface area contributed by atoms with Gasteiger partial charge in [0.05, 0.1) is 14.8 Å². The normalized spacial score (nSPS) is 9.83. The van der Waals surface area contributed by atoms with E-state index in [-0.39, 0.29) is 0 Å². The second-order valence-electron chi connectivity index (χ2n) is 2.87. The fraction of sp³-hybridized carbons (Fsp3) is 0. The van der Waals surface area contributed by atoms with Crippen molar-refractivity contribution in [1.29, 1.82) is 0 Å². The summed E-state index contributed by atoms with van der Waals surface area (Å²) in [5.41, 5.74) is -4.54. The maximum atomic E-state index is 10.9. The van der Waals surface area contributed by atoms with Gasteiger partial charge < -0.3 is 0 Å². The first kappa shape index (κ1) is 13.4. The van der Waals surface area contributed by atoms with Crippen LogP contribution in [0.15, 0.2) is 12.1 Å². The SMILES string of the molecule is O=C(Cl)c1ccc([N+](=O)[O-])c([N+](=O)[O-])c1[N+](=O)[O-]. The van der Waals surface area contributed by atoms with E-state index in [1.807, 2.05) is 0 Å². The topological polar surface area (TPSA) is 146 Å². The Kier molecular flexibility index (Phi) is 3.52. The zero-order chi connectivity index (χ0) is 14.0. The van der Waals surface area contributed by atoms with Gasteiger partial charge >= 0.3 is 17.1 Å². The molecule has 94 valence electrons. The summed E-state index contributed by atoms with van der Waals surface area (Å²) in [4.78, 5) is 39.1. The Labute approximate surface area is 102 Å². The summed E-state index contributed by atoms with van der Waals surface area (Å²) in [6.07, 6.45) is 0. The van der Waals surface area contributed by atoms with E-state index in [9.17, 15) is 35.1 Å². The zero-order valence-electron chi connectivity index (χ0n) is 8.23. The smallest absolute Gasteiger partial charge is 0.275 e. The molecule has 1 rings (SSSR count). The Morgan fingerprint density at radius 1 is 0.944 bits per heavy atom. The van der Waals surface area contributed by atoms with E-state index in [0.29, 0.717) is 12.1 Å². The highest BCUT2D eigenvalue weighted by molar-refractivity contribution is 6.68. The largest absolute Gasteiger partial charge is 0.423 e. The molecule has 0 heterocycles. The maximum Gasteiger partial charge on any atom is 0.423 e. The van der Waals surface area contributed by atoms with Crippen LogP contribution in [0.25, 0.3) is 0 Å². The van der Waals surface area contributed by atoms with Crippen molar-refractivity contribution in [2.24, 2.45) is 0 Å². The van der Waals surface area contributed by atoms with E-state index in [2.05, 4.69) is 0 Å². The summed E-state index contributed by atoms with van der Waals surface area (Å²) in [6, 6.07) is 1.30. The molecule has 1 aromatic rings. The molecule has 0 fully saturated rings. The number of benzene rings is 1. The summed E-state index contributed by atoms with van der Waals surface area (Å²) in [7, 11) is 0. The van der Waals surface area contributed by atoms with Crippen LogP contribution in [0.2, 0.25) is 0 Å². The molecule has 0 radical (unpaired) electrons. The number of rotatable bonds is 4. The average Bonchev–Trinajstić information content (AvgIpc) is 2.26. The second-order valence-corrected chi connectivity index (χ2v) is 3.22. The first-order valence-electron chi connectivity index (χ1n) is 4.07. The molecule has 0 atom stereocenters. The zero-order valence-corrected chi connectivity index (χ0v) is 8.99. The molecule has 0 aromatic heterocycles. The van der Waals surface area contributed by atoms with E-state index >= 15 is 0 Å². The standard InChI is InChI=1S/C7H2ClN3O7/c8-7(12)3-1-2-4(9(13)14)6(11(17)18)5(3)10(15)16/h1-2H. The van der Waals surface area contributed by atoms with Gasteiger partial charge in [0.2, 0.25) is 0 Å². The molecular weight excluding hydrogens is 274 g/mol. The number of carbonyl (C=O) groups excluding carboxylic acids is 1. The molecule has 0 saturated heterocycles. The van der Waals surface area contributed by atoms with Gasteiger partial charge in [0.15, 0.2) is 0 Å². The Bertz CT molecular complexity index is 534. The third kappa shape index (κ3) is 2.22. The van der Waals surface area contributed by atoms with Crippen molar-refractivity contribution in [3.05, 3.63) is 48.0 Å². The van der Waals surface area contributed by atoms with Gasteiger partial charge in [-0.05, 0) is 17.7 Å². The fourth-order valence-corrected chi connectivity index (χ4v) is 1.39. The Morgan fingerprint density at radius 2 is 1.44 bits per heavy atom. The second kappa shape index (κ2) is 4.71.